The zero-order chi connectivity index (χ0) is 14.9. The SMILES string of the molecule is CSc1ncc(C(F)(F)F)c(-c2ccn(C(F)F)n2)n1. The van der Waals surface area contributed by atoms with E-state index < -0.39 is 24.0 Å². The lowest BCUT2D eigenvalue weighted by Crippen LogP contribution is -2.10. The molecule has 0 radical (unpaired) electrons. The standard InChI is InChI=1S/C10H7F5N4S/c1-20-9-16-4-5(10(13,14)15)7(17-9)6-2-3-19(18-6)8(11)12/h2-4,8H,1H3. The Morgan fingerprint density at radius 3 is 2.50 bits per heavy atom. The van der Waals surface area contributed by atoms with Crippen LogP contribution in [-0.4, -0.2) is 26.0 Å². The Hall–Kier alpha value is -1.71. The maximum Gasteiger partial charge on any atom is 0.420 e. The van der Waals surface area contributed by atoms with Gasteiger partial charge in [-0.3, -0.25) is 0 Å². The van der Waals surface area contributed by atoms with E-state index in [2.05, 4.69) is 15.1 Å². The third kappa shape index (κ3) is 2.89. The third-order valence-electron chi connectivity index (χ3n) is 2.31. The molecule has 0 aliphatic rings. The fourth-order valence-electron chi connectivity index (χ4n) is 1.44. The highest BCUT2D eigenvalue weighted by atomic mass is 32.2. The van der Waals surface area contributed by atoms with Gasteiger partial charge in [0.25, 0.3) is 0 Å². The van der Waals surface area contributed by atoms with Crippen LogP contribution in [0.3, 0.4) is 0 Å². The molecule has 108 valence electrons. The molecule has 0 aliphatic carbocycles. The van der Waals surface area contributed by atoms with Crippen molar-refractivity contribution in [2.24, 2.45) is 0 Å². The molecule has 2 rings (SSSR count). The van der Waals surface area contributed by atoms with E-state index in [0.717, 1.165) is 24.0 Å². The van der Waals surface area contributed by atoms with Gasteiger partial charge in [0, 0.05) is 12.4 Å². The van der Waals surface area contributed by atoms with Gasteiger partial charge < -0.3 is 0 Å². The summed E-state index contributed by atoms with van der Waals surface area (Å²) in [5.41, 5.74) is -1.92. The van der Waals surface area contributed by atoms with E-state index in [1.54, 1.807) is 6.26 Å². The van der Waals surface area contributed by atoms with Crippen molar-refractivity contribution >= 4 is 11.8 Å². The summed E-state index contributed by atoms with van der Waals surface area (Å²) in [6, 6.07) is 1.05. The van der Waals surface area contributed by atoms with Crippen LogP contribution in [0.2, 0.25) is 0 Å². The van der Waals surface area contributed by atoms with Gasteiger partial charge in [-0.05, 0) is 12.3 Å². The maximum atomic E-state index is 12.9. The Morgan fingerprint density at radius 1 is 1.30 bits per heavy atom. The molecule has 0 aromatic carbocycles. The molecule has 0 unspecified atom stereocenters. The van der Waals surface area contributed by atoms with Crippen LogP contribution in [0.25, 0.3) is 11.4 Å². The highest BCUT2D eigenvalue weighted by Crippen LogP contribution is 2.35. The fourth-order valence-corrected chi connectivity index (χ4v) is 1.78. The zero-order valence-electron chi connectivity index (χ0n) is 9.90. The molecule has 0 fully saturated rings. The first-order valence-corrected chi connectivity index (χ1v) is 6.37. The molecule has 0 amide bonds. The van der Waals surface area contributed by atoms with E-state index >= 15 is 0 Å². The molecule has 0 saturated heterocycles. The summed E-state index contributed by atoms with van der Waals surface area (Å²) in [6.45, 7) is -2.93. The lowest BCUT2D eigenvalue weighted by atomic mass is 10.2. The summed E-state index contributed by atoms with van der Waals surface area (Å²) in [4.78, 5) is 7.25. The Kier molecular flexibility index (Phi) is 3.93. The first-order valence-electron chi connectivity index (χ1n) is 5.15. The summed E-state index contributed by atoms with van der Waals surface area (Å²) >= 11 is 1.04. The van der Waals surface area contributed by atoms with Crippen LogP contribution in [0, 0.1) is 0 Å². The lowest BCUT2D eigenvalue weighted by molar-refractivity contribution is -0.137. The van der Waals surface area contributed by atoms with Gasteiger partial charge in [-0.2, -0.15) is 27.1 Å². The molecule has 2 aromatic heterocycles. The molecule has 0 saturated carbocycles. The van der Waals surface area contributed by atoms with Crippen molar-refractivity contribution in [1.29, 1.82) is 0 Å². The minimum Gasteiger partial charge on any atom is -0.230 e. The van der Waals surface area contributed by atoms with Crippen molar-refractivity contribution in [3.63, 3.8) is 0 Å². The molecule has 0 N–H and O–H groups in total. The summed E-state index contributed by atoms with van der Waals surface area (Å²) in [5.74, 6) is 0. The number of hydrogen-bond donors (Lipinski definition) is 0. The summed E-state index contributed by atoms with van der Waals surface area (Å²) in [7, 11) is 0. The van der Waals surface area contributed by atoms with Crippen LogP contribution in [0.5, 0.6) is 0 Å². The third-order valence-corrected chi connectivity index (χ3v) is 2.87. The number of aromatic nitrogens is 4. The first kappa shape index (κ1) is 14.7. The van der Waals surface area contributed by atoms with Crippen molar-refractivity contribution in [2.75, 3.05) is 6.26 Å². The number of halogens is 5. The van der Waals surface area contributed by atoms with Crippen LogP contribution in [0.4, 0.5) is 22.0 Å². The van der Waals surface area contributed by atoms with E-state index in [1.165, 1.54) is 0 Å². The summed E-state index contributed by atoms with van der Waals surface area (Å²) in [5, 5.41) is 3.49. The quantitative estimate of drug-likeness (QED) is 0.494. The van der Waals surface area contributed by atoms with Crippen LogP contribution in [0.15, 0.2) is 23.6 Å². The second-order valence-corrected chi connectivity index (χ2v) is 4.35. The Bertz CT molecular complexity index is 610. The monoisotopic (exact) mass is 310 g/mol. The second-order valence-electron chi connectivity index (χ2n) is 3.58. The molecule has 0 aliphatic heterocycles. The average molecular weight is 310 g/mol. The largest absolute Gasteiger partial charge is 0.420 e. The molecule has 2 heterocycles. The molecule has 2 aromatic rings. The summed E-state index contributed by atoms with van der Waals surface area (Å²) < 4.78 is 63.7. The van der Waals surface area contributed by atoms with Crippen LogP contribution in [-0.2, 0) is 6.18 Å². The van der Waals surface area contributed by atoms with Gasteiger partial charge >= 0.3 is 12.7 Å². The lowest BCUT2D eigenvalue weighted by Gasteiger charge is -2.10. The Labute approximate surface area is 114 Å². The highest BCUT2D eigenvalue weighted by Gasteiger charge is 2.36. The molecule has 0 atom stereocenters. The maximum absolute atomic E-state index is 12.9. The normalized spacial score (nSPS) is 12.2. The zero-order valence-corrected chi connectivity index (χ0v) is 10.7. The van der Waals surface area contributed by atoms with Crippen molar-refractivity contribution < 1.29 is 22.0 Å². The van der Waals surface area contributed by atoms with Crippen molar-refractivity contribution in [2.45, 2.75) is 17.9 Å². The Morgan fingerprint density at radius 2 is 2.00 bits per heavy atom. The van der Waals surface area contributed by atoms with E-state index in [0.29, 0.717) is 6.20 Å². The van der Waals surface area contributed by atoms with E-state index in [4.69, 9.17) is 0 Å². The number of nitrogens with zero attached hydrogens (tertiary/aromatic N) is 4. The highest BCUT2D eigenvalue weighted by molar-refractivity contribution is 7.98. The molecule has 10 heteroatoms. The van der Waals surface area contributed by atoms with Crippen molar-refractivity contribution in [3.05, 3.63) is 24.0 Å². The topological polar surface area (TPSA) is 43.6 Å². The number of rotatable bonds is 3. The average Bonchev–Trinajstić information content (AvgIpc) is 2.86. The van der Waals surface area contributed by atoms with Gasteiger partial charge in [-0.15, -0.1) is 0 Å². The van der Waals surface area contributed by atoms with E-state index in [-0.39, 0.29) is 15.5 Å². The van der Waals surface area contributed by atoms with Crippen molar-refractivity contribution in [1.82, 2.24) is 19.7 Å². The van der Waals surface area contributed by atoms with E-state index in [9.17, 15) is 22.0 Å². The molecule has 20 heavy (non-hydrogen) atoms. The minimum absolute atomic E-state index is 0.0968. The predicted molar refractivity (Wildman–Crippen MR) is 61.3 cm³/mol. The second kappa shape index (κ2) is 5.35. The molecule has 0 spiro atoms. The number of alkyl halides is 5. The molecular formula is C10H7F5N4S. The van der Waals surface area contributed by atoms with Gasteiger partial charge in [0.15, 0.2) is 5.16 Å². The van der Waals surface area contributed by atoms with Gasteiger partial charge in [0.2, 0.25) is 0 Å². The van der Waals surface area contributed by atoms with Gasteiger partial charge in [0.05, 0.1) is 0 Å². The Balaban J connectivity index is 2.57. The van der Waals surface area contributed by atoms with Gasteiger partial charge in [-0.1, -0.05) is 11.8 Å². The minimum atomic E-state index is -4.69. The molecular weight excluding hydrogens is 303 g/mol. The molecule has 4 nitrogen and oxygen atoms in total. The van der Waals surface area contributed by atoms with Gasteiger partial charge in [0.1, 0.15) is 17.0 Å². The number of thioether (sulfide) groups is 1. The van der Waals surface area contributed by atoms with Crippen LogP contribution >= 0.6 is 11.8 Å². The van der Waals surface area contributed by atoms with Gasteiger partial charge in [-0.25, -0.2) is 14.6 Å². The van der Waals surface area contributed by atoms with E-state index in [1.807, 2.05) is 0 Å². The number of hydrogen-bond acceptors (Lipinski definition) is 4. The summed E-state index contributed by atoms with van der Waals surface area (Å²) in [6.07, 6.45) is -1.60. The van der Waals surface area contributed by atoms with Crippen LogP contribution < -0.4 is 0 Å². The van der Waals surface area contributed by atoms with Crippen molar-refractivity contribution in [3.8, 4) is 11.4 Å². The molecule has 0 bridgehead atoms. The predicted octanol–water partition coefficient (Wildman–Crippen LogP) is 3.48. The first-order chi connectivity index (χ1) is 9.32. The fraction of sp³-hybridized carbons (Fsp3) is 0.300. The smallest absolute Gasteiger partial charge is 0.230 e. The van der Waals surface area contributed by atoms with Crippen LogP contribution in [0.1, 0.15) is 12.1 Å².